The highest BCUT2D eigenvalue weighted by Crippen LogP contribution is 2.24. The molecule has 6 heteroatoms. The molecule has 0 aliphatic carbocycles. The van der Waals surface area contributed by atoms with E-state index in [1.165, 1.54) is 0 Å². The lowest BCUT2D eigenvalue weighted by Crippen LogP contribution is -2.36. The van der Waals surface area contributed by atoms with Gasteiger partial charge in [0.25, 0.3) is 0 Å². The van der Waals surface area contributed by atoms with Crippen LogP contribution in [0.2, 0.25) is 0 Å². The lowest BCUT2D eigenvalue weighted by Gasteiger charge is -2.22. The van der Waals surface area contributed by atoms with Crippen molar-refractivity contribution in [2.24, 2.45) is 0 Å². The van der Waals surface area contributed by atoms with Gasteiger partial charge in [0.2, 0.25) is 0 Å². The predicted molar refractivity (Wildman–Crippen MR) is 50.6 cm³/mol. The van der Waals surface area contributed by atoms with Gasteiger partial charge in [0.05, 0.1) is 13.2 Å². The molecule has 0 saturated carbocycles. The first-order valence-electron chi connectivity index (χ1n) is 4.54. The van der Waals surface area contributed by atoms with E-state index >= 15 is 0 Å². The summed E-state index contributed by atoms with van der Waals surface area (Å²) in [6.45, 7) is 3.25. The fraction of sp³-hybridized carbons (Fsp3) is 1.00. The van der Waals surface area contributed by atoms with Gasteiger partial charge in [-0.05, 0) is 6.92 Å². The lowest BCUT2D eigenvalue weighted by atomic mass is 10.4. The van der Waals surface area contributed by atoms with Crippen LogP contribution >= 0.6 is 0 Å². The molecule has 0 bridgehead atoms. The summed E-state index contributed by atoms with van der Waals surface area (Å²) in [4.78, 5) is 0. The normalized spacial score (nSPS) is 33.5. The molecule has 0 amide bonds. The highest BCUT2D eigenvalue weighted by atomic mass is 32.2. The van der Waals surface area contributed by atoms with E-state index in [0.29, 0.717) is 0 Å². The second kappa shape index (κ2) is 4.14. The topological polar surface area (TPSA) is 72.8 Å². The number of rotatable bonds is 4. The van der Waals surface area contributed by atoms with Crippen LogP contribution in [-0.2, 0) is 19.3 Å². The molecule has 14 heavy (non-hydrogen) atoms. The fourth-order valence-electron chi connectivity index (χ4n) is 1.36. The Balaban J connectivity index is 2.61. The molecule has 1 rings (SSSR count). The third kappa shape index (κ3) is 2.91. The first-order valence-corrected chi connectivity index (χ1v) is 6.36. The quantitative estimate of drug-likeness (QED) is 0.700. The average molecular weight is 224 g/mol. The third-order valence-electron chi connectivity index (χ3n) is 2.12. The highest BCUT2D eigenvalue weighted by molar-refractivity contribution is 7.91. The molecule has 5 nitrogen and oxygen atoms in total. The van der Waals surface area contributed by atoms with Gasteiger partial charge in [0.1, 0.15) is 11.9 Å². The van der Waals surface area contributed by atoms with Gasteiger partial charge in [-0.1, -0.05) is 6.92 Å². The van der Waals surface area contributed by atoms with Crippen molar-refractivity contribution < 1.29 is 23.0 Å². The van der Waals surface area contributed by atoms with E-state index in [9.17, 15) is 8.42 Å². The van der Waals surface area contributed by atoms with Crippen molar-refractivity contribution >= 4 is 9.84 Å². The summed E-state index contributed by atoms with van der Waals surface area (Å²) in [5, 5.41) is 8.80. The van der Waals surface area contributed by atoms with E-state index in [0.717, 1.165) is 0 Å². The number of sulfone groups is 1. The Hall–Kier alpha value is -0.170. The smallest absolute Gasteiger partial charge is 0.180 e. The maximum Gasteiger partial charge on any atom is 0.180 e. The van der Waals surface area contributed by atoms with Crippen LogP contribution in [-0.4, -0.2) is 50.1 Å². The zero-order chi connectivity index (χ0) is 10.8. The minimum Gasteiger partial charge on any atom is -0.394 e. The summed E-state index contributed by atoms with van der Waals surface area (Å²) in [5.74, 6) is -1.19. The Labute approximate surface area is 83.9 Å². The van der Waals surface area contributed by atoms with Gasteiger partial charge in [-0.25, -0.2) is 8.42 Å². The SMILES string of the molecule is CCS(=O)(=O)C[C@]1(C)OC[C@@H](CO)O1. The molecule has 1 heterocycles. The maximum atomic E-state index is 11.3. The third-order valence-corrected chi connectivity index (χ3v) is 3.96. The van der Waals surface area contributed by atoms with Crippen molar-refractivity contribution in [3.63, 3.8) is 0 Å². The van der Waals surface area contributed by atoms with E-state index in [-0.39, 0.29) is 24.7 Å². The van der Waals surface area contributed by atoms with Gasteiger partial charge in [-0.2, -0.15) is 0 Å². The number of ether oxygens (including phenoxy) is 2. The minimum absolute atomic E-state index is 0.0686. The van der Waals surface area contributed by atoms with Crippen molar-refractivity contribution in [1.29, 1.82) is 0 Å². The first-order chi connectivity index (χ1) is 6.41. The Morgan fingerprint density at radius 3 is 2.64 bits per heavy atom. The molecule has 0 spiro atoms. The standard InChI is InChI=1S/C8H16O5S/c1-3-14(10,11)6-8(2)12-5-7(4-9)13-8/h7,9H,3-6H2,1-2H3/t7-,8-/m1/s1. The first kappa shape index (κ1) is 11.9. The molecule has 1 saturated heterocycles. The second-order valence-electron chi connectivity index (χ2n) is 3.54. The molecule has 0 aromatic rings. The van der Waals surface area contributed by atoms with Crippen LogP contribution in [0.25, 0.3) is 0 Å². The number of aliphatic hydroxyl groups excluding tert-OH is 1. The van der Waals surface area contributed by atoms with Gasteiger partial charge in [0.15, 0.2) is 15.6 Å². The van der Waals surface area contributed by atoms with Gasteiger partial charge in [-0.15, -0.1) is 0 Å². The van der Waals surface area contributed by atoms with Crippen molar-refractivity contribution in [1.82, 2.24) is 0 Å². The lowest BCUT2D eigenvalue weighted by molar-refractivity contribution is -0.139. The summed E-state index contributed by atoms with van der Waals surface area (Å²) in [7, 11) is -3.12. The molecule has 0 aromatic heterocycles. The summed E-state index contributed by atoms with van der Waals surface area (Å²) in [5.41, 5.74) is 0. The van der Waals surface area contributed by atoms with Crippen molar-refractivity contribution in [3.05, 3.63) is 0 Å². The summed E-state index contributed by atoms with van der Waals surface area (Å²) < 4.78 is 33.2. The molecular formula is C8H16O5S. The van der Waals surface area contributed by atoms with E-state index in [2.05, 4.69) is 0 Å². The Morgan fingerprint density at radius 1 is 1.57 bits per heavy atom. The van der Waals surface area contributed by atoms with Crippen LogP contribution in [0.15, 0.2) is 0 Å². The van der Waals surface area contributed by atoms with Gasteiger partial charge in [0, 0.05) is 5.75 Å². The van der Waals surface area contributed by atoms with Crippen molar-refractivity contribution in [2.45, 2.75) is 25.7 Å². The minimum atomic E-state index is -3.12. The largest absolute Gasteiger partial charge is 0.394 e. The molecular weight excluding hydrogens is 208 g/mol. The Bertz CT molecular complexity index is 286. The molecule has 1 N–H and O–H groups in total. The summed E-state index contributed by atoms with van der Waals surface area (Å²) in [6, 6.07) is 0. The van der Waals surface area contributed by atoms with Gasteiger partial charge >= 0.3 is 0 Å². The summed E-state index contributed by atoms with van der Waals surface area (Å²) >= 11 is 0. The monoisotopic (exact) mass is 224 g/mol. The maximum absolute atomic E-state index is 11.3. The average Bonchev–Trinajstić information content (AvgIpc) is 2.46. The molecule has 0 aromatic carbocycles. The zero-order valence-electron chi connectivity index (χ0n) is 8.39. The van der Waals surface area contributed by atoms with E-state index in [1.807, 2.05) is 0 Å². The molecule has 0 unspecified atom stereocenters. The van der Waals surface area contributed by atoms with Crippen LogP contribution in [0.1, 0.15) is 13.8 Å². The number of hydrogen-bond acceptors (Lipinski definition) is 5. The second-order valence-corrected chi connectivity index (χ2v) is 5.90. The van der Waals surface area contributed by atoms with Crippen molar-refractivity contribution in [2.75, 3.05) is 24.7 Å². The van der Waals surface area contributed by atoms with E-state index in [4.69, 9.17) is 14.6 Å². The molecule has 1 aliphatic heterocycles. The van der Waals surface area contributed by atoms with Crippen LogP contribution in [0, 0.1) is 0 Å². The van der Waals surface area contributed by atoms with Crippen LogP contribution in [0.5, 0.6) is 0 Å². The van der Waals surface area contributed by atoms with Crippen molar-refractivity contribution in [3.8, 4) is 0 Å². The van der Waals surface area contributed by atoms with E-state index in [1.54, 1.807) is 13.8 Å². The molecule has 2 atom stereocenters. The van der Waals surface area contributed by atoms with Gasteiger partial charge in [-0.3, -0.25) is 0 Å². The highest BCUT2D eigenvalue weighted by Gasteiger charge is 2.40. The number of aliphatic hydroxyl groups is 1. The number of hydrogen-bond donors (Lipinski definition) is 1. The van der Waals surface area contributed by atoms with Crippen LogP contribution in [0.4, 0.5) is 0 Å². The van der Waals surface area contributed by atoms with Crippen LogP contribution < -0.4 is 0 Å². The molecule has 1 aliphatic rings. The molecule has 84 valence electrons. The fourth-order valence-corrected chi connectivity index (χ4v) is 2.51. The Kier molecular flexibility index (Phi) is 3.52. The Morgan fingerprint density at radius 2 is 2.21 bits per heavy atom. The van der Waals surface area contributed by atoms with Gasteiger partial charge < -0.3 is 14.6 Å². The predicted octanol–water partition coefficient (Wildman–Crippen LogP) is -0.455. The molecule has 1 fully saturated rings. The zero-order valence-corrected chi connectivity index (χ0v) is 9.21. The summed E-state index contributed by atoms with van der Waals surface area (Å²) in [6.07, 6.45) is -0.410. The van der Waals surface area contributed by atoms with E-state index < -0.39 is 21.7 Å². The van der Waals surface area contributed by atoms with Crippen LogP contribution in [0.3, 0.4) is 0 Å². The molecule has 0 radical (unpaired) electrons.